The van der Waals surface area contributed by atoms with Crippen LogP contribution in [0.25, 0.3) is 10.8 Å². The number of carbonyl (C=O) groups excluding carboxylic acids is 2. The quantitative estimate of drug-likeness (QED) is 0.821. The van der Waals surface area contributed by atoms with Crippen LogP contribution in [0.15, 0.2) is 42.5 Å². The van der Waals surface area contributed by atoms with Crippen LogP contribution in [0.4, 0.5) is 5.69 Å². The zero-order valence-corrected chi connectivity index (χ0v) is 15.6. The maximum atomic E-state index is 12.7. The van der Waals surface area contributed by atoms with E-state index in [0.29, 0.717) is 13.0 Å². The highest BCUT2D eigenvalue weighted by atomic mass is 16.4. The fraction of sp³-hybridized carbons (Fsp3) is 0.381. The zero-order valence-electron chi connectivity index (χ0n) is 15.6. The van der Waals surface area contributed by atoms with Crippen molar-refractivity contribution in [3.63, 3.8) is 0 Å². The Kier molecular flexibility index (Phi) is 5.17. The molecule has 1 fully saturated rings. The standard InChI is InChI=1S/C21H24N2O4/c1-21(2,11-10-19(25)26)22-20(27)15-12-18(24)23(13-15)17-9-5-7-14-6-3-4-8-16(14)17/h3-9,15H,10-13H2,1-2H3,(H,22,27)(H,25,26). The summed E-state index contributed by atoms with van der Waals surface area (Å²) in [5.74, 6) is -1.62. The molecule has 27 heavy (non-hydrogen) atoms. The molecule has 3 rings (SSSR count). The Hall–Kier alpha value is -2.89. The average Bonchev–Trinajstić information content (AvgIpc) is 3.01. The maximum absolute atomic E-state index is 12.7. The van der Waals surface area contributed by atoms with Crippen molar-refractivity contribution in [2.75, 3.05) is 11.4 Å². The molecule has 0 bridgehead atoms. The van der Waals surface area contributed by atoms with Gasteiger partial charge >= 0.3 is 5.97 Å². The van der Waals surface area contributed by atoms with Gasteiger partial charge in [0.2, 0.25) is 11.8 Å². The molecule has 6 heteroatoms. The summed E-state index contributed by atoms with van der Waals surface area (Å²) in [6.07, 6.45) is 0.477. The van der Waals surface area contributed by atoms with Crippen molar-refractivity contribution >= 4 is 34.2 Å². The van der Waals surface area contributed by atoms with Crippen molar-refractivity contribution < 1.29 is 19.5 Å². The van der Waals surface area contributed by atoms with Crippen molar-refractivity contribution in [3.8, 4) is 0 Å². The normalized spacial score (nSPS) is 17.3. The van der Waals surface area contributed by atoms with E-state index in [1.54, 1.807) is 18.7 Å². The van der Waals surface area contributed by atoms with E-state index < -0.39 is 17.4 Å². The van der Waals surface area contributed by atoms with Gasteiger partial charge in [-0.2, -0.15) is 0 Å². The average molecular weight is 368 g/mol. The summed E-state index contributed by atoms with van der Waals surface area (Å²) >= 11 is 0. The first kappa shape index (κ1) is 18.9. The van der Waals surface area contributed by atoms with Crippen LogP contribution < -0.4 is 10.2 Å². The molecule has 1 aliphatic rings. The lowest BCUT2D eigenvalue weighted by molar-refractivity contribution is -0.138. The van der Waals surface area contributed by atoms with Gasteiger partial charge in [0.05, 0.1) is 11.6 Å². The van der Waals surface area contributed by atoms with E-state index in [0.717, 1.165) is 16.5 Å². The Morgan fingerprint density at radius 2 is 1.89 bits per heavy atom. The lowest BCUT2D eigenvalue weighted by Gasteiger charge is -2.27. The number of hydrogen-bond acceptors (Lipinski definition) is 3. The number of fused-ring (bicyclic) bond motifs is 1. The highest BCUT2D eigenvalue weighted by Crippen LogP contribution is 2.32. The summed E-state index contributed by atoms with van der Waals surface area (Å²) in [5, 5.41) is 13.8. The number of carboxylic acids is 1. The number of nitrogens with zero attached hydrogens (tertiary/aromatic N) is 1. The molecule has 1 saturated heterocycles. The Labute approximate surface area is 158 Å². The Bertz CT molecular complexity index is 885. The topological polar surface area (TPSA) is 86.7 Å². The molecule has 2 amide bonds. The predicted octanol–water partition coefficient (Wildman–Crippen LogP) is 2.95. The Morgan fingerprint density at radius 1 is 1.19 bits per heavy atom. The number of nitrogens with one attached hydrogen (secondary N) is 1. The largest absolute Gasteiger partial charge is 0.481 e. The molecule has 1 unspecified atom stereocenters. The number of amides is 2. The maximum Gasteiger partial charge on any atom is 0.303 e. The third-order valence-electron chi connectivity index (χ3n) is 4.98. The number of rotatable bonds is 6. The van der Waals surface area contributed by atoms with Gasteiger partial charge < -0.3 is 15.3 Å². The number of aliphatic carboxylic acids is 1. The number of benzene rings is 2. The molecular formula is C21H24N2O4. The van der Waals surface area contributed by atoms with E-state index in [1.165, 1.54) is 0 Å². The number of anilines is 1. The second kappa shape index (κ2) is 7.39. The highest BCUT2D eigenvalue weighted by molar-refractivity contribution is 6.07. The molecule has 1 atom stereocenters. The van der Waals surface area contributed by atoms with Crippen LogP contribution in [0.3, 0.4) is 0 Å². The molecule has 1 aliphatic heterocycles. The molecule has 2 aromatic carbocycles. The van der Waals surface area contributed by atoms with Crippen molar-refractivity contribution in [1.29, 1.82) is 0 Å². The molecule has 0 radical (unpaired) electrons. The van der Waals surface area contributed by atoms with Crippen molar-refractivity contribution in [3.05, 3.63) is 42.5 Å². The summed E-state index contributed by atoms with van der Waals surface area (Å²) in [7, 11) is 0. The second-order valence-corrected chi connectivity index (χ2v) is 7.67. The lowest BCUT2D eigenvalue weighted by Crippen LogP contribution is -2.46. The molecule has 0 aromatic heterocycles. The molecule has 2 N–H and O–H groups in total. The van der Waals surface area contributed by atoms with Crippen molar-refractivity contribution in [2.45, 2.75) is 38.6 Å². The third-order valence-corrected chi connectivity index (χ3v) is 4.98. The third kappa shape index (κ3) is 4.27. The highest BCUT2D eigenvalue weighted by Gasteiger charge is 2.37. The minimum absolute atomic E-state index is 0.0149. The van der Waals surface area contributed by atoms with Crippen molar-refractivity contribution in [1.82, 2.24) is 5.32 Å². The zero-order chi connectivity index (χ0) is 19.6. The molecule has 0 saturated carbocycles. The van der Waals surface area contributed by atoms with E-state index in [-0.39, 0.29) is 24.7 Å². The van der Waals surface area contributed by atoms with Gasteiger partial charge in [-0.1, -0.05) is 36.4 Å². The van der Waals surface area contributed by atoms with Crippen LogP contribution in [0.5, 0.6) is 0 Å². The van der Waals surface area contributed by atoms with Gasteiger partial charge in [0.1, 0.15) is 0 Å². The first-order chi connectivity index (χ1) is 12.8. The van der Waals surface area contributed by atoms with Crippen LogP contribution in [0.2, 0.25) is 0 Å². The molecule has 1 heterocycles. The van der Waals surface area contributed by atoms with E-state index in [2.05, 4.69) is 5.32 Å². The summed E-state index contributed by atoms with van der Waals surface area (Å²) in [5.41, 5.74) is 0.185. The summed E-state index contributed by atoms with van der Waals surface area (Å²) in [6, 6.07) is 13.7. The minimum Gasteiger partial charge on any atom is -0.481 e. The van der Waals surface area contributed by atoms with Crippen LogP contribution >= 0.6 is 0 Å². The Balaban J connectivity index is 1.73. The van der Waals surface area contributed by atoms with E-state index in [9.17, 15) is 14.4 Å². The van der Waals surface area contributed by atoms with E-state index in [1.807, 2.05) is 42.5 Å². The number of carbonyl (C=O) groups is 3. The SMILES string of the molecule is CC(C)(CCC(=O)O)NC(=O)C1CC(=O)N(c2cccc3ccccc23)C1. The molecule has 6 nitrogen and oxygen atoms in total. The molecule has 0 aliphatic carbocycles. The molecule has 2 aromatic rings. The number of carboxylic acid groups (broad SMARTS) is 1. The van der Waals surface area contributed by atoms with Gasteiger partial charge in [0.25, 0.3) is 0 Å². The smallest absolute Gasteiger partial charge is 0.303 e. The van der Waals surface area contributed by atoms with Gasteiger partial charge in [-0.05, 0) is 31.7 Å². The molecule has 142 valence electrons. The predicted molar refractivity (Wildman–Crippen MR) is 103 cm³/mol. The Morgan fingerprint density at radius 3 is 2.63 bits per heavy atom. The second-order valence-electron chi connectivity index (χ2n) is 7.67. The number of hydrogen-bond donors (Lipinski definition) is 2. The summed E-state index contributed by atoms with van der Waals surface area (Å²) < 4.78 is 0. The van der Waals surface area contributed by atoms with Gasteiger partial charge in [0.15, 0.2) is 0 Å². The van der Waals surface area contributed by atoms with E-state index in [4.69, 9.17) is 5.11 Å². The van der Waals surface area contributed by atoms with Crippen LogP contribution in [-0.2, 0) is 14.4 Å². The van der Waals surface area contributed by atoms with Crippen LogP contribution in [0.1, 0.15) is 33.1 Å². The summed E-state index contributed by atoms with van der Waals surface area (Å²) in [4.78, 5) is 37.7. The van der Waals surface area contributed by atoms with Gasteiger partial charge in [-0.3, -0.25) is 14.4 Å². The minimum atomic E-state index is -0.893. The van der Waals surface area contributed by atoms with Gasteiger partial charge in [-0.25, -0.2) is 0 Å². The van der Waals surface area contributed by atoms with E-state index >= 15 is 0 Å². The van der Waals surface area contributed by atoms with Gasteiger partial charge in [-0.15, -0.1) is 0 Å². The monoisotopic (exact) mass is 368 g/mol. The summed E-state index contributed by atoms with van der Waals surface area (Å²) in [6.45, 7) is 3.92. The van der Waals surface area contributed by atoms with Gasteiger partial charge in [0, 0.05) is 30.3 Å². The van der Waals surface area contributed by atoms with Crippen molar-refractivity contribution in [2.24, 2.45) is 5.92 Å². The van der Waals surface area contributed by atoms with Crippen LogP contribution in [-0.4, -0.2) is 35.0 Å². The first-order valence-electron chi connectivity index (χ1n) is 9.09. The molecule has 0 spiro atoms. The molecular weight excluding hydrogens is 344 g/mol. The lowest BCUT2D eigenvalue weighted by atomic mass is 9.96. The van der Waals surface area contributed by atoms with Crippen LogP contribution in [0, 0.1) is 5.92 Å². The fourth-order valence-corrected chi connectivity index (χ4v) is 3.48. The first-order valence-corrected chi connectivity index (χ1v) is 9.09. The fourth-order valence-electron chi connectivity index (χ4n) is 3.48.